The first-order chi connectivity index (χ1) is 18.0. The van der Waals surface area contributed by atoms with Crippen molar-refractivity contribution in [1.29, 1.82) is 0 Å². The fourth-order valence-electron chi connectivity index (χ4n) is 5.38. The van der Waals surface area contributed by atoms with Crippen LogP contribution in [0.2, 0.25) is 5.02 Å². The molecule has 2 aliphatic heterocycles. The first kappa shape index (κ1) is 24.5. The van der Waals surface area contributed by atoms with Gasteiger partial charge in [-0.2, -0.15) is 0 Å². The van der Waals surface area contributed by atoms with Crippen LogP contribution in [0.1, 0.15) is 31.2 Å². The minimum atomic E-state index is -0.226. The molecule has 0 aromatic heterocycles. The summed E-state index contributed by atoms with van der Waals surface area (Å²) < 4.78 is 19.4. The van der Waals surface area contributed by atoms with Crippen molar-refractivity contribution in [3.8, 4) is 5.75 Å². The first-order valence-electron chi connectivity index (χ1n) is 13.4. The zero-order valence-corrected chi connectivity index (χ0v) is 21.7. The molecular formula is C30H33ClFN3O2. The summed E-state index contributed by atoms with van der Waals surface area (Å²) in [5.41, 5.74) is 2.19. The van der Waals surface area contributed by atoms with Gasteiger partial charge in [0.1, 0.15) is 11.6 Å². The second kappa shape index (κ2) is 10.5. The van der Waals surface area contributed by atoms with Gasteiger partial charge >= 0.3 is 0 Å². The number of rotatable bonds is 9. The molecule has 2 saturated heterocycles. The lowest BCUT2D eigenvalue weighted by Gasteiger charge is -2.35. The van der Waals surface area contributed by atoms with Crippen LogP contribution in [0.25, 0.3) is 10.8 Å². The number of likely N-dealkylation sites (tertiary alicyclic amines) is 1. The monoisotopic (exact) mass is 521 g/mol. The van der Waals surface area contributed by atoms with Gasteiger partial charge in [0.05, 0.1) is 17.0 Å². The third-order valence-electron chi connectivity index (χ3n) is 7.78. The summed E-state index contributed by atoms with van der Waals surface area (Å²) in [6.07, 6.45) is 5.29. The van der Waals surface area contributed by atoms with E-state index in [2.05, 4.69) is 27.2 Å². The highest BCUT2D eigenvalue weighted by Crippen LogP contribution is 2.33. The SMILES string of the molecule is O=C(NC(Cc1ccc(OC2CC2)c(Cl)c1)CN1CCC1)[C@@H]1CCN(c2ccc3cc(F)ccc3c2)C1. The van der Waals surface area contributed by atoms with Crippen molar-refractivity contribution in [2.75, 3.05) is 37.6 Å². The number of carbonyl (C=O) groups is 1. The molecule has 1 unspecified atom stereocenters. The summed E-state index contributed by atoms with van der Waals surface area (Å²) in [6.45, 7) is 4.55. The smallest absolute Gasteiger partial charge is 0.225 e. The predicted molar refractivity (Wildman–Crippen MR) is 146 cm³/mol. The summed E-state index contributed by atoms with van der Waals surface area (Å²) >= 11 is 6.51. The topological polar surface area (TPSA) is 44.8 Å². The van der Waals surface area contributed by atoms with Crippen molar-refractivity contribution in [3.05, 3.63) is 71.0 Å². The number of nitrogens with one attached hydrogen (secondary N) is 1. The average molecular weight is 522 g/mol. The maximum Gasteiger partial charge on any atom is 0.225 e. The van der Waals surface area contributed by atoms with Crippen LogP contribution in [0.3, 0.4) is 0 Å². The highest BCUT2D eigenvalue weighted by Gasteiger charge is 2.31. The van der Waals surface area contributed by atoms with Crippen LogP contribution < -0.4 is 15.0 Å². The van der Waals surface area contributed by atoms with Crippen LogP contribution in [0.4, 0.5) is 10.1 Å². The number of carbonyl (C=O) groups excluding carboxylic acids is 1. The van der Waals surface area contributed by atoms with Gasteiger partial charge in [-0.15, -0.1) is 0 Å². The number of hydrogen-bond donors (Lipinski definition) is 1. The van der Waals surface area contributed by atoms with Crippen LogP contribution in [-0.2, 0) is 11.2 Å². The Labute approximate surface area is 222 Å². The minimum Gasteiger partial charge on any atom is -0.489 e. The maximum absolute atomic E-state index is 13.5. The molecule has 3 aromatic carbocycles. The van der Waals surface area contributed by atoms with E-state index in [0.717, 1.165) is 79.6 Å². The summed E-state index contributed by atoms with van der Waals surface area (Å²) in [4.78, 5) is 18.0. The van der Waals surface area contributed by atoms with Gasteiger partial charge in [0, 0.05) is 31.4 Å². The van der Waals surface area contributed by atoms with Gasteiger partial charge in [-0.25, -0.2) is 4.39 Å². The fourth-order valence-corrected chi connectivity index (χ4v) is 5.63. The Balaban J connectivity index is 1.10. The fraction of sp³-hybridized carbons (Fsp3) is 0.433. The van der Waals surface area contributed by atoms with E-state index in [1.54, 1.807) is 6.07 Å². The molecule has 1 aliphatic carbocycles. The van der Waals surface area contributed by atoms with E-state index in [4.69, 9.17) is 16.3 Å². The summed E-state index contributed by atoms with van der Waals surface area (Å²) in [6, 6.07) is 17.0. The van der Waals surface area contributed by atoms with Crippen LogP contribution in [0.15, 0.2) is 54.6 Å². The number of hydrogen-bond acceptors (Lipinski definition) is 4. The second-order valence-corrected chi connectivity index (χ2v) is 11.2. The lowest BCUT2D eigenvalue weighted by atomic mass is 10.0. The average Bonchev–Trinajstić information content (AvgIpc) is 3.54. The van der Waals surface area contributed by atoms with Gasteiger partial charge in [0.15, 0.2) is 0 Å². The van der Waals surface area contributed by atoms with E-state index in [-0.39, 0.29) is 23.7 Å². The summed E-state index contributed by atoms with van der Waals surface area (Å²) in [5, 5.41) is 5.90. The van der Waals surface area contributed by atoms with Gasteiger partial charge in [0.2, 0.25) is 5.91 Å². The lowest BCUT2D eigenvalue weighted by molar-refractivity contribution is -0.125. The Kier molecular flexibility index (Phi) is 6.96. The molecule has 2 heterocycles. The molecule has 1 saturated carbocycles. The number of amides is 1. The quantitative estimate of drug-likeness (QED) is 0.407. The lowest BCUT2D eigenvalue weighted by Crippen LogP contribution is -2.50. The van der Waals surface area contributed by atoms with Crippen molar-refractivity contribution in [2.45, 2.75) is 44.2 Å². The van der Waals surface area contributed by atoms with E-state index >= 15 is 0 Å². The zero-order valence-electron chi connectivity index (χ0n) is 21.0. The Morgan fingerprint density at radius 2 is 1.84 bits per heavy atom. The van der Waals surface area contributed by atoms with Gasteiger partial charge in [-0.1, -0.05) is 29.8 Å². The number of benzene rings is 3. The molecule has 0 radical (unpaired) electrons. The number of ether oxygens (including phenoxy) is 1. The molecule has 7 heteroatoms. The van der Waals surface area contributed by atoms with Crippen molar-refractivity contribution in [2.24, 2.45) is 5.92 Å². The molecular weight excluding hydrogens is 489 g/mol. The largest absolute Gasteiger partial charge is 0.489 e. The molecule has 0 spiro atoms. The molecule has 194 valence electrons. The Morgan fingerprint density at radius 1 is 1.03 bits per heavy atom. The van der Waals surface area contributed by atoms with E-state index in [9.17, 15) is 9.18 Å². The van der Waals surface area contributed by atoms with Crippen molar-refractivity contribution in [3.63, 3.8) is 0 Å². The van der Waals surface area contributed by atoms with E-state index < -0.39 is 0 Å². The third kappa shape index (κ3) is 5.86. The van der Waals surface area contributed by atoms with E-state index in [1.807, 2.05) is 30.3 Å². The van der Waals surface area contributed by atoms with E-state index in [0.29, 0.717) is 17.7 Å². The number of halogens is 2. The molecule has 3 aliphatic rings. The molecule has 5 nitrogen and oxygen atoms in total. The van der Waals surface area contributed by atoms with Gasteiger partial charge in [0.25, 0.3) is 0 Å². The summed E-state index contributed by atoms with van der Waals surface area (Å²) in [7, 11) is 0. The van der Waals surface area contributed by atoms with E-state index in [1.165, 1.54) is 12.5 Å². The molecule has 3 fully saturated rings. The standard InChI is InChI=1S/C30H33ClFN3O2/c31-28-15-20(2-9-29(28)37-27-7-8-27)14-25(19-34-11-1-12-34)33-30(36)23-10-13-35(18-23)26-6-4-21-16-24(32)5-3-22(21)17-26/h2-6,9,15-17,23,25,27H,1,7-8,10-14,18-19H2,(H,33,36)/t23-,25?/m1/s1. The second-order valence-electron chi connectivity index (χ2n) is 10.8. The zero-order chi connectivity index (χ0) is 25.4. The number of anilines is 1. The maximum atomic E-state index is 13.5. The van der Waals surface area contributed by atoms with Gasteiger partial charge < -0.3 is 19.9 Å². The molecule has 37 heavy (non-hydrogen) atoms. The Hall–Kier alpha value is -2.83. The molecule has 1 amide bonds. The van der Waals surface area contributed by atoms with Gasteiger partial charge in [-0.05, 0) is 97.9 Å². The normalized spacial score (nSPS) is 20.6. The third-order valence-corrected chi connectivity index (χ3v) is 8.08. The highest BCUT2D eigenvalue weighted by atomic mass is 35.5. The summed E-state index contributed by atoms with van der Waals surface area (Å²) in [5.74, 6) is 0.591. The molecule has 3 aromatic rings. The predicted octanol–water partition coefficient (Wildman–Crippen LogP) is 5.43. The van der Waals surface area contributed by atoms with Crippen molar-refractivity contribution in [1.82, 2.24) is 10.2 Å². The Morgan fingerprint density at radius 3 is 2.59 bits per heavy atom. The number of nitrogens with zero attached hydrogens (tertiary/aromatic N) is 2. The van der Waals surface area contributed by atoms with Gasteiger partial charge in [-0.3, -0.25) is 4.79 Å². The van der Waals surface area contributed by atoms with Crippen LogP contribution in [-0.4, -0.2) is 55.7 Å². The number of fused-ring (bicyclic) bond motifs is 1. The van der Waals surface area contributed by atoms with Crippen molar-refractivity contribution >= 4 is 34.0 Å². The first-order valence-corrected chi connectivity index (χ1v) is 13.8. The van der Waals surface area contributed by atoms with Crippen LogP contribution in [0, 0.1) is 11.7 Å². The van der Waals surface area contributed by atoms with Crippen LogP contribution in [0.5, 0.6) is 5.75 Å². The molecule has 6 rings (SSSR count). The van der Waals surface area contributed by atoms with Crippen LogP contribution >= 0.6 is 11.6 Å². The molecule has 2 atom stereocenters. The highest BCUT2D eigenvalue weighted by molar-refractivity contribution is 6.32. The molecule has 1 N–H and O–H groups in total. The van der Waals surface area contributed by atoms with Crippen molar-refractivity contribution < 1.29 is 13.9 Å². The molecule has 0 bridgehead atoms. The minimum absolute atomic E-state index is 0.0312. The Bertz CT molecular complexity index is 1290.